The minimum Gasteiger partial charge on any atom is -0.324 e. The van der Waals surface area contributed by atoms with Gasteiger partial charge in [-0.15, -0.1) is 11.8 Å². The van der Waals surface area contributed by atoms with Crippen molar-refractivity contribution in [1.82, 2.24) is 9.80 Å². The molecule has 1 fully saturated rings. The molecule has 0 aromatic heterocycles. The lowest BCUT2D eigenvalue weighted by atomic mass is 10.2. The Morgan fingerprint density at radius 1 is 0.583 bits per heavy atom. The number of nitrogens with zero attached hydrogens (tertiary/aromatic N) is 2. The van der Waals surface area contributed by atoms with Gasteiger partial charge in [0.2, 0.25) is 11.8 Å². The van der Waals surface area contributed by atoms with Gasteiger partial charge in [0.1, 0.15) is 0 Å². The summed E-state index contributed by atoms with van der Waals surface area (Å²) in [5.41, 5.74) is -0.888. The third kappa shape index (κ3) is 23.6. The van der Waals surface area contributed by atoms with Crippen LogP contribution in [0.4, 0.5) is 0 Å². The molecule has 0 saturated carbocycles. The Labute approximate surface area is 350 Å². The minimum absolute atomic E-state index is 0.0216. The van der Waals surface area contributed by atoms with E-state index in [-0.39, 0.29) is 50.5 Å². The van der Waals surface area contributed by atoms with Crippen LogP contribution < -0.4 is 0 Å². The van der Waals surface area contributed by atoms with Crippen LogP contribution in [0, 0.1) is 0 Å². The molecule has 2 heterocycles. The fourth-order valence-corrected chi connectivity index (χ4v) is 10.3. The van der Waals surface area contributed by atoms with Gasteiger partial charge >= 0.3 is 38.9 Å². The van der Waals surface area contributed by atoms with Gasteiger partial charge in [0, 0.05) is 31.7 Å². The summed E-state index contributed by atoms with van der Waals surface area (Å²) in [5, 5.41) is -0.560. The van der Waals surface area contributed by atoms with E-state index in [0.717, 1.165) is 22.0 Å². The average Bonchev–Trinajstić information content (AvgIpc) is 3.58. The highest BCUT2D eigenvalue weighted by Gasteiger charge is 2.39. The van der Waals surface area contributed by atoms with Crippen LogP contribution in [0.25, 0.3) is 0 Å². The van der Waals surface area contributed by atoms with Crippen LogP contribution in [0.2, 0.25) is 0 Å². The van der Waals surface area contributed by atoms with Crippen molar-refractivity contribution in [2.24, 2.45) is 0 Å². The van der Waals surface area contributed by atoms with E-state index in [0.29, 0.717) is 31.4 Å². The number of phosphoric acid groups is 4. The number of thioether (sulfide) groups is 1. The number of imide groups is 2. The molecular weight excluding hydrogens is 931 g/mol. The zero-order valence-electron chi connectivity index (χ0n) is 33.1. The second-order valence-electron chi connectivity index (χ2n) is 13.5. The Morgan fingerprint density at radius 2 is 0.967 bits per heavy atom. The van der Waals surface area contributed by atoms with Crippen LogP contribution in [0.15, 0.2) is 12.2 Å². The molecule has 5 N–H and O–H groups in total. The second-order valence-corrected chi connectivity index (χ2v) is 22.5. The molecule has 0 aliphatic carbocycles. The standard InChI is InChI=1S/C29H53N2O23P5S/c1-29(2,3)54-55(36,37)21-8-14-47-57(40,41)49-16-18-51-59(44,45)53-20-19-52-58(42,43)50-17-15-48-56(38,39)46-13-6-4-5-7-22-60-24-23-27(34)31(28(24)35)12-11-30-25(32)9-10-26(30)33/h9-10,24H,4-8,11-23H2,1-3H3,(H,36,37)(H,38,39)(H,40,41)(H,42,43)(H,44,45). The molecule has 0 spiro atoms. The van der Waals surface area contributed by atoms with Gasteiger partial charge in [-0.05, 0) is 45.8 Å². The summed E-state index contributed by atoms with van der Waals surface area (Å²) in [5.74, 6) is -1.17. The Kier molecular flexibility index (Phi) is 23.4. The van der Waals surface area contributed by atoms with Crippen LogP contribution in [0.1, 0.15) is 59.3 Å². The summed E-state index contributed by atoms with van der Waals surface area (Å²) in [6.45, 7) is -0.345. The summed E-state index contributed by atoms with van der Waals surface area (Å²) >= 11 is 1.32. The number of carbonyl (C=O) groups is 4. The van der Waals surface area contributed by atoms with Crippen LogP contribution in [-0.4, -0.2) is 147 Å². The van der Waals surface area contributed by atoms with Crippen molar-refractivity contribution in [2.45, 2.75) is 70.1 Å². The molecule has 0 bridgehead atoms. The van der Waals surface area contributed by atoms with Crippen molar-refractivity contribution in [3.05, 3.63) is 12.2 Å². The first-order valence-electron chi connectivity index (χ1n) is 18.2. The first-order chi connectivity index (χ1) is 27.7. The maximum atomic E-state index is 12.6. The molecule has 31 heteroatoms. The van der Waals surface area contributed by atoms with Gasteiger partial charge in [0.15, 0.2) is 0 Å². The minimum atomic E-state index is -4.79. The van der Waals surface area contributed by atoms with Crippen molar-refractivity contribution in [3.63, 3.8) is 0 Å². The number of rotatable bonds is 33. The molecule has 1 saturated heterocycles. The summed E-state index contributed by atoms with van der Waals surface area (Å²) in [4.78, 5) is 98.9. The molecule has 4 amide bonds. The summed E-state index contributed by atoms with van der Waals surface area (Å²) in [6.07, 6.45) is 4.12. The SMILES string of the molecule is CC(C)(C)OP(=O)(O)CCCOP(=O)(O)OCCOP(=O)(O)OCCOP(=O)(O)OCCOP(=O)(O)OCCCCCCSC1CC(=O)N(CCN2C(=O)C=CC2=O)C1=O. The van der Waals surface area contributed by atoms with Gasteiger partial charge in [-0.2, -0.15) is 0 Å². The first-order valence-corrected chi connectivity index (χ1v) is 27.0. The molecule has 0 aromatic carbocycles. The van der Waals surface area contributed by atoms with Gasteiger partial charge in [0.05, 0.1) is 69.9 Å². The number of likely N-dealkylation sites (tertiary alicyclic amines) is 1. The Bertz CT molecular complexity index is 1710. The Morgan fingerprint density at radius 3 is 1.40 bits per heavy atom. The molecule has 2 aliphatic heterocycles. The molecule has 2 rings (SSSR count). The van der Waals surface area contributed by atoms with Crippen molar-refractivity contribution in [1.29, 1.82) is 0 Å². The lowest BCUT2D eigenvalue weighted by Crippen LogP contribution is -2.41. The normalized spacial score (nSPS) is 21.2. The van der Waals surface area contributed by atoms with Gasteiger partial charge in [0.25, 0.3) is 11.8 Å². The predicted octanol–water partition coefficient (Wildman–Crippen LogP) is 3.26. The molecule has 6 atom stereocenters. The van der Waals surface area contributed by atoms with E-state index < -0.39 is 108 Å². The summed E-state index contributed by atoms with van der Waals surface area (Å²) < 4.78 is 102. The van der Waals surface area contributed by atoms with Crippen LogP contribution >= 0.6 is 50.6 Å². The number of hydrogen-bond acceptors (Lipinski definition) is 19. The third-order valence-corrected chi connectivity index (χ3v) is 14.4. The van der Waals surface area contributed by atoms with Crippen molar-refractivity contribution in [2.75, 3.05) is 77.9 Å². The average molecular weight is 985 g/mol. The highest BCUT2D eigenvalue weighted by atomic mass is 32.2. The maximum absolute atomic E-state index is 12.6. The van der Waals surface area contributed by atoms with Gasteiger partial charge in [-0.3, -0.25) is 69.7 Å². The fraction of sp³-hybridized carbons (Fsp3) is 0.793. The first kappa shape index (κ1) is 55.1. The molecule has 348 valence electrons. The Balaban J connectivity index is 1.48. The molecule has 6 unspecified atom stereocenters. The van der Waals surface area contributed by atoms with Crippen molar-refractivity contribution in [3.8, 4) is 0 Å². The number of amides is 4. The molecule has 60 heavy (non-hydrogen) atoms. The topological polar surface area (TPSA) is 344 Å². The zero-order valence-corrected chi connectivity index (χ0v) is 38.4. The number of unbranched alkanes of at least 4 members (excludes halogenated alkanes) is 3. The lowest BCUT2D eigenvalue weighted by Gasteiger charge is -2.23. The highest BCUT2D eigenvalue weighted by Crippen LogP contribution is 2.49. The van der Waals surface area contributed by atoms with Crippen molar-refractivity contribution >= 4 is 74.3 Å². The maximum Gasteiger partial charge on any atom is 0.472 e. The molecule has 0 radical (unpaired) electrons. The predicted molar refractivity (Wildman–Crippen MR) is 209 cm³/mol. The van der Waals surface area contributed by atoms with E-state index in [4.69, 9.17) is 9.05 Å². The lowest BCUT2D eigenvalue weighted by molar-refractivity contribution is -0.142. The monoisotopic (exact) mass is 984 g/mol. The fourth-order valence-electron chi connectivity index (χ4n) is 4.82. The van der Waals surface area contributed by atoms with E-state index in [1.807, 2.05) is 0 Å². The summed E-state index contributed by atoms with van der Waals surface area (Å²) in [7, 11) is -22.7. The van der Waals surface area contributed by atoms with Crippen LogP contribution in [-0.2, 0) is 82.7 Å². The van der Waals surface area contributed by atoms with E-state index in [1.54, 1.807) is 20.8 Å². The van der Waals surface area contributed by atoms with Gasteiger partial charge < -0.3 is 29.0 Å². The molecule has 0 aromatic rings. The molecule has 25 nitrogen and oxygen atoms in total. The molecule has 2 aliphatic rings. The van der Waals surface area contributed by atoms with Crippen LogP contribution in [0.3, 0.4) is 0 Å². The second kappa shape index (κ2) is 25.4. The van der Waals surface area contributed by atoms with Gasteiger partial charge in [-0.1, -0.05) is 12.8 Å². The highest BCUT2D eigenvalue weighted by molar-refractivity contribution is 8.00. The molecular formula is C29H53N2O23P5S. The van der Waals surface area contributed by atoms with E-state index in [9.17, 15) is 66.5 Å². The van der Waals surface area contributed by atoms with Crippen molar-refractivity contribution < 1.29 is 107 Å². The van der Waals surface area contributed by atoms with Crippen LogP contribution in [0.5, 0.6) is 0 Å². The zero-order chi connectivity index (χ0) is 45.3. The van der Waals surface area contributed by atoms with E-state index in [2.05, 4.69) is 31.7 Å². The smallest absolute Gasteiger partial charge is 0.324 e. The largest absolute Gasteiger partial charge is 0.472 e. The quantitative estimate of drug-likeness (QED) is 0.0358. The number of hydrogen-bond donors (Lipinski definition) is 5. The van der Waals surface area contributed by atoms with E-state index >= 15 is 0 Å². The van der Waals surface area contributed by atoms with Gasteiger partial charge in [-0.25, -0.2) is 18.3 Å². The Hall–Kier alpha value is -1.04. The number of phosphoric ester groups is 4. The third-order valence-electron chi connectivity index (χ3n) is 7.29. The van der Waals surface area contributed by atoms with E-state index in [1.165, 1.54) is 11.8 Å². The summed E-state index contributed by atoms with van der Waals surface area (Å²) in [6, 6.07) is 0. The number of carbonyl (C=O) groups excluding carboxylic acids is 4.